The van der Waals surface area contributed by atoms with E-state index in [9.17, 15) is 0 Å². The van der Waals surface area contributed by atoms with Crippen molar-refractivity contribution >= 4 is 43.7 Å². The van der Waals surface area contributed by atoms with E-state index >= 15 is 0 Å². The number of nitrogens with zero attached hydrogens (tertiary/aromatic N) is 4. The molecule has 0 atom stereocenters. The quantitative estimate of drug-likeness (QED) is 0.172. The Labute approximate surface area is 322 Å². The minimum atomic E-state index is 0.586. The molecule has 0 aliphatic carbocycles. The molecule has 11 rings (SSSR count). The molecule has 0 unspecified atom stereocenters. The summed E-state index contributed by atoms with van der Waals surface area (Å²) in [6.07, 6.45) is 0. The molecule has 0 amide bonds. The van der Waals surface area contributed by atoms with Crippen molar-refractivity contribution in [2.45, 2.75) is 0 Å². The molecule has 0 spiro atoms. The monoisotopic (exact) mass is 716 g/mol. The summed E-state index contributed by atoms with van der Waals surface area (Å²) >= 11 is 0. The van der Waals surface area contributed by atoms with Crippen LogP contribution in [0, 0.1) is 0 Å². The largest absolute Gasteiger partial charge is 0.455 e. The van der Waals surface area contributed by atoms with Crippen LogP contribution in [-0.2, 0) is 0 Å². The number of hydrogen-bond donors (Lipinski definition) is 0. The topological polar surface area (TPSA) is 56.7 Å². The Bertz CT molecular complexity index is 3180. The van der Waals surface area contributed by atoms with Gasteiger partial charge in [-0.1, -0.05) is 158 Å². The molecule has 0 saturated carbocycles. The van der Waals surface area contributed by atoms with E-state index in [0.29, 0.717) is 17.5 Å². The van der Waals surface area contributed by atoms with Crippen LogP contribution >= 0.6 is 0 Å². The van der Waals surface area contributed by atoms with E-state index in [-0.39, 0.29) is 0 Å². The molecule has 0 radical (unpaired) electrons. The van der Waals surface area contributed by atoms with Gasteiger partial charge in [-0.2, -0.15) is 0 Å². The van der Waals surface area contributed by atoms with Gasteiger partial charge in [0.05, 0.1) is 11.0 Å². The van der Waals surface area contributed by atoms with Crippen LogP contribution in [0.4, 0.5) is 0 Å². The molecule has 56 heavy (non-hydrogen) atoms. The number of hydrogen-bond acceptors (Lipinski definition) is 4. The zero-order valence-corrected chi connectivity index (χ0v) is 30.2. The molecule has 0 N–H and O–H groups in total. The van der Waals surface area contributed by atoms with Crippen LogP contribution in [0.25, 0.3) is 106 Å². The molecule has 5 heteroatoms. The lowest BCUT2D eigenvalue weighted by molar-refractivity contribution is 0.670. The maximum absolute atomic E-state index is 6.59. The number of fused-ring (bicyclic) bond motifs is 6. The highest BCUT2D eigenvalue weighted by atomic mass is 16.3. The van der Waals surface area contributed by atoms with E-state index in [0.717, 1.165) is 66.6 Å². The molecule has 0 fully saturated rings. The van der Waals surface area contributed by atoms with Gasteiger partial charge < -0.3 is 8.98 Å². The summed E-state index contributed by atoms with van der Waals surface area (Å²) in [7, 11) is 0. The number of aromatic nitrogens is 4. The van der Waals surface area contributed by atoms with Gasteiger partial charge in [0.15, 0.2) is 17.5 Å². The fourth-order valence-electron chi connectivity index (χ4n) is 7.97. The molecule has 0 saturated heterocycles. The zero-order chi connectivity index (χ0) is 37.0. The molecule has 5 nitrogen and oxygen atoms in total. The number of furan rings is 1. The van der Waals surface area contributed by atoms with Gasteiger partial charge in [0.2, 0.25) is 0 Å². The van der Waals surface area contributed by atoms with Crippen LogP contribution < -0.4 is 0 Å². The van der Waals surface area contributed by atoms with Crippen LogP contribution in [0.5, 0.6) is 0 Å². The summed E-state index contributed by atoms with van der Waals surface area (Å²) in [6.45, 7) is 0. The SMILES string of the molecule is c1ccc(-c2nc(-c3ccc(-c4cccc(-n5c6ccccc6c6ccccc65)c4)cc3)nc(-c3ccc4c(c3)oc3c(-c5ccccc5)cccc34)n2)cc1. The smallest absolute Gasteiger partial charge is 0.164 e. The standard InChI is InChI=1S/C51H32N4O/c1-3-13-34(14-4-1)40-21-12-22-44-43-30-29-38(32-47(43)56-48(40)44)51-53-49(35-15-5-2-6-16-35)52-50(54-51)36-27-25-33(26-28-36)37-17-11-18-39(31-37)55-45-23-9-7-19-41(45)42-20-8-10-24-46(42)55/h1-32H. The van der Waals surface area contributed by atoms with Crippen molar-refractivity contribution < 1.29 is 4.42 Å². The highest BCUT2D eigenvalue weighted by Gasteiger charge is 2.17. The van der Waals surface area contributed by atoms with Gasteiger partial charge in [0.25, 0.3) is 0 Å². The van der Waals surface area contributed by atoms with Crippen LogP contribution in [0.3, 0.4) is 0 Å². The highest BCUT2D eigenvalue weighted by Crippen LogP contribution is 2.38. The van der Waals surface area contributed by atoms with Crippen molar-refractivity contribution in [3.63, 3.8) is 0 Å². The van der Waals surface area contributed by atoms with Crippen molar-refractivity contribution in [1.29, 1.82) is 0 Å². The fraction of sp³-hybridized carbons (Fsp3) is 0. The van der Waals surface area contributed by atoms with Crippen LogP contribution in [0.15, 0.2) is 199 Å². The molecular weight excluding hydrogens is 685 g/mol. The van der Waals surface area contributed by atoms with Crippen LogP contribution in [-0.4, -0.2) is 19.5 Å². The summed E-state index contributed by atoms with van der Waals surface area (Å²) in [4.78, 5) is 15.1. The summed E-state index contributed by atoms with van der Waals surface area (Å²) < 4.78 is 8.94. The first-order chi connectivity index (χ1) is 27.7. The van der Waals surface area contributed by atoms with Crippen molar-refractivity contribution in [3.05, 3.63) is 194 Å². The third kappa shape index (κ3) is 5.37. The Morgan fingerprint density at radius 3 is 1.55 bits per heavy atom. The Morgan fingerprint density at radius 2 is 0.857 bits per heavy atom. The van der Waals surface area contributed by atoms with E-state index in [1.165, 1.54) is 21.8 Å². The van der Waals surface area contributed by atoms with Gasteiger partial charge in [0.1, 0.15) is 11.2 Å². The minimum absolute atomic E-state index is 0.586. The third-order valence-electron chi connectivity index (χ3n) is 10.7. The maximum atomic E-state index is 6.59. The van der Waals surface area contributed by atoms with Gasteiger partial charge >= 0.3 is 0 Å². The number of para-hydroxylation sites is 3. The fourth-order valence-corrected chi connectivity index (χ4v) is 7.97. The predicted molar refractivity (Wildman–Crippen MR) is 229 cm³/mol. The van der Waals surface area contributed by atoms with Crippen molar-refractivity contribution in [1.82, 2.24) is 19.5 Å². The van der Waals surface area contributed by atoms with Gasteiger partial charge in [0, 0.05) is 49.5 Å². The second kappa shape index (κ2) is 13.0. The van der Waals surface area contributed by atoms with E-state index < -0.39 is 0 Å². The second-order valence-electron chi connectivity index (χ2n) is 14.0. The lowest BCUT2D eigenvalue weighted by atomic mass is 10.0. The van der Waals surface area contributed by atoms with Gasteiger partial charge in [-0.05, 0) is 53.1 Å². The number of benzene rings is 8. The molecule has 3 aromatic heterocycles. The van der Waals surface area contributed by atoms with E-state index in [1.54, 1.807) is 0 Å². The zero-order valence-electron chi connectivity index (χ0n) is 30.2. The lowest BCUT2D eigenvalue weighted by Crippen LogP contribution is -2.00. The molecule has 0 aliphatic heterocycles. The number of rotatable bonds is 6. The van der Waals surface area contributed by atoms with Gasteiger partial charge in [-0.15, -0.1) is 0 Å². The Hall–Kier alpha value is -7.63. The molecule has 0 bridgehead atoms. The Balaban J connectivity index is 0.985. The Morgan fingerprint density at radius 1 is 0.339 bits per heavy atom. The summed E-state index contributed by atoms with van der Waals surface area (Å²) in [5.41, 5.74) is 12.3. The average molecular weight is 717 g/mol. The normalized spacial score (nSPS) is 11.6. The lowest BCUT2D eigenvalue weighted by Gasteiger charge is -2.11. The van der Waals surface area contributed by atoms with Gasteiger partial charge in [-0.3, -0.25) is 0 Å². The maximum Gasteiger partial charge on any atom is 0.164 e. The Kier molecular flexibility index (Phi) is 7.42. The third-order valence-corrected chi connectivity index (χ3v) is 10.7. The van der Waals surface area contributed by atoms with Crippen molar-refractivity contribution in [2.24, 2.45) is 0 Å². The molecular formula is C51H32N4O. The first-order valence-corrected chi connectivity index (χ1v) is 18.8. The first-order valence-electron chi connectivity index (χ1n) is 18.8. The van der Waals surface area contributed by atoms with Crippen molar-refractivity contribution in [2.75, 3.05) is 0 Å². The molecule has 262 valence electrons. The van der Waals surface area contributed by atoms with Gasteiger partial charge in [-0.25, -0.2) is 15.0 Å². The molecule has 3 heterocycles. The van der Waals surface area contributed by atoms with E-state index in [4.69, 9.17) is 19.4 Å². The van der Waals surface area contributed by atoms with Crippen LogP contribution in [0.1, 0.15) is 0 Å². The molecule has 11 aromatic rings. The average Bonchev–Trinajstić information content (AvgIpc) is 3.82. The second-order valence-corrected chi connectivity index (χ2v) is 14.0. The summed E-state index contributed by atoms with van der Waals surface area (Å²) in [5.74, 6) is 1.81. The molecule has 0 aliphatic rings. The predicted octanol–water partition coefficient (Wildman–Crippen LogP) is 13.2. The van der Waals surface area contributed by atoms with Crippen LogP contribution in [0.2, 0.25) is 0 Å². The summed E-state index contributed by atoms with van der Waals surface area (Å²) in [5, 5.41) is 4.63. The summed E-state index contributed by atoms with van der Waals surface area (Å²) in [6, 6.07) is 67.4. The van der Waals surface area contributed by atoms with E-state index in [2.05, 4.69) is 156 Å². The van der Waals surface area contributed by atoms with E-state index in [1.807, 2.05) is 42.5 Å². The molecule has 8 aromatic carbocycles. The minimum Gasteiger partial charge on any atom is -0.455 e. The highest BCUT2D eigenvalue weighted by molar-refractivity contribution is 6.11. The van der Waals surface area contributed by atoms with Crippen molar-refractivity contribution in [3.8, 4) is 62.1 Å². The first kappa shape index (κ1) is 31.9.